The van der Waals surface area contributed by atoms with Crippen LogP contribution >= 0.6 is 11.6 Å². The Hall–Kier alpha value is -2.14. The predicted molar refractivity (Wildman–Crippen MR) is 66.6 cm³/mol. The van der Waals surface area contributed by atoms with Crippen molar-refractivity contribution in [3.05, 3.63) is 36.4 Å². The Morgan fingerprint density at radius 2 is 2.17 bits per heavy atom. The Morgan fingerprint density at radius 1 is 1.33 bits per heavy atom. The van der Waals surface area contributed by atoms with E-state index in [9.17, 15) is 4.79 Å². The lowest BCUT2D eigenvalue weighted by Gasteiger charge is -1.91. The van der Waals surface area contributed by atoms with Crippen LogP contribution in [0.25, 0.3) is 22.4 Å². The van der Waals surface area contributed by atoms with Crippen molar-refractivity contribution in [2.75, 3.05) is 5.88 Å². The number of aromatic amines is 1. The standard InChI is InChI=1S/C12H8ClN3O2/c13-5-10(17)12-16-15-11(18-12)8-6-14-9-4-2-1-3-7(8)9/h1-4,6,14H,5H2. The highest BCUT2D eigenvalue weighted by Gasteiger charge is 2.16. The largest absolute Gasteiger partial charge is 0.413 e. The van der Waals surface area contributed by atoms with E-state index in [0.29, 0.717) is 5.89 Å². The van der Waals surface area contributed by atoms with Gasteiger partial charge >= 0.3 is 0 Å². The SMILES string of the molecule is O=C(CCl)c1nnc(-c2c[nH]c3ccccc23)o1. The van der Waals surface area contributed by atoms with Gasteiger partial charge in [0.2, 0.25) is 11.7 Å². The lowest BCUT2D eigenvalue weighted by atomic mass is 10.2. The second kappa shape index (κ2) is 4.27. The van der Waals surface area contributed by atoms with E-state index in [1.165, 1.54) is 0 Å². The Labute approximate surface area is 107 Å². The number of nitrogens with zero attached hydrogens (tertiary/aromatic N) is 2. The van der Waals surface area contributed by atoms with Gasteiger partial charge in [-0.25, -0.2) is 0 Å². The molecule has 3 rings (SSSR count). The molecule has 2 heterocycles. The van der Waals surface area contributed by atoms with Gasteiger partial charge in [0, 0.05) is 17.1 Å². The summed E-state index contributed by atoms with van der Waals surface area (Å²) in [4.78, 5) is 14.4. The Morgan fingerprint density at radius 3 is 3.00 bits per heavy atom. The highest BCUT2D eigenvalue weighted by Crippen LogP contribution is 2.27. The summed E-state index contributed by atoms with van der Waals surface area (Å²) in [5.74, 6) is -0.309. The highest BCUT2D eigenvalue weighted by atomic mass is 35.5. The summed E-state index contributed by atoms with van der Waals surface area (Å²) in [5, 5.41) is 8.51. The molecule has 1 N–H and O–H groups in total. The number of carbonyl (C=O) groups is 1. The van der Waals surface area contributed by atoms with Crippen molar-refractivity contribution >= 4 is 28.3 Å². The monoisotopic (exact) mass is 261 g/mol. The minimum Gasteiger partial charge on any atom is -0.413 e. The van der Waals surface area contributed by atoms with Gasteiger partial charge in [-0.3, -0.25) is 4.79 Å². The van der Waals surface area contributed by atoms with Crippen LogP contribution in [0, 0.1) is 0 Å². The number of H-pyrrole nitrogens is 1. The van der Waals surface area contributed by atoms with Crippen molar-refractivity contribution in [1.82, 2.24) is 15.2 Å². The smallest absolute Gasteiger partial charge is 0.285 e. The molecule has 0 spiro atoms. The number of hydrogen-bond donors (Lipinski definition) is 1. The van der Waals surface area contributed by atoms with E-state index in [2.05, 4.69) is 15.2 Å². The van der Waals surface area contributed by atoms with Crippen LogP contribution in [0.1, 0.15) is 10.7 Å². The molecule has 3 aromatic rings. The third kappa shape index (κ3) is 1.69. The van der Waals surface area contributed by atoms with Gasteiger partial charge in [0.15, 0.2) is 0 Å². The molecule has 0 aliphatic rings. The number of fused-ring (bicyclic) bond motifs is 1. The quantitative estimate of drug-likeness (QED) is 0.581. The van der Waals surface area contributed by atoms with Crippen LogP contribution in [0.3, 0.4) is 0 Å². The molecule has 0 bridgehead atoms. The van der Waals surface area contributed by atoms with Crippen molar-refractivity contribution in [2.45, 2.75) is 0 Å². The molecule has 0 amide bonds. The molecule has 0 atom stereocenters. The van der Waals surface area contributed by atoms with Crippen LogP contribution in [0.2, 0.25) is 0 Å². The fourth-order valence-corrected chi connectivity index (χ4v) is 1.86. The summed E-state index contributed by atoms with van der Waals surface area (Å²) in [7, 11) is 0. The van der Waals surface area contributed by atoms with Crippen LogP contribution in [-0.2, 0) is 0 Å². The molecule has 0 radical (unpaired) electrons. The van der Waals surface area contributed by atoms with Gasteiger partial charge in [-0.05, 0) is 6.07 Å². The molecule has 5 nitrogen and oxygen atoms in total. The maximum Gasteiger partial charge on any atom is 0.285 e. The van der Waals surface area contributed by atoms with Crippen molar-refractivity contribution in [3.8, 4) is 11.5 Å². The summed E-state index contributed by atoms with van der Waals surface area (Å²) < 4.78 is 5.31. The van der Waals surface area contributed by atoms with Crippen LogP contribution in [0.5, 0.6) is 0 Å². The van der Waals surface area contributed by atoms with E-state index in [1.807, 2.05) is 24.3 Å². The Balaban J connectivity index is 2.09. The molecule has 0 aliphatic carbocycles. The molecule has 1 aromatic carbocycles. The number of Topliss-reactive ketones (excluding diaryl/α,β-unsaturated/α-hetero) is 1. The van der Waals surface area contributed by atoms with Crippen molar-refractivity contribution in [1.29, 1.82) is 0 Å². The molecular weight excluding hydrogens is 254 g/mol. The van der Waals surface area contributed by atoms with E-state index in [1.54, 1.807) is 6.20 Å². The normalized spacial score (nSPS) is 10.9. The number of ketones is 1. The second-order valence-corrected chi connectivity index (χ2v) is 3.98. The first-order valence-corrected chi connectivity index (χ1v) is 5.82. The highest BCUT2D eigenvalue weighted by molar-refractivity contribution is 6.29. The van der Waals surface area contributed by atoms with Gasteiger partial charge < -0.3 is 9.40 Å². The topological polar surface area (TPSA) is 71.8 Å². The average molecular weight is 262 g/mol. The number of rotatable bonds is 3. The Kier molecular flexibility index (Phi) is 2.60. The van der Waals surface area contributed by atoms with Gasteiger partial charge in [0.25, 0.3) is 5.89 Å². The van der Waals surface area contributed by atoms with Crippen LogP contribution in [0.4, 0.5) is 0 Å². The third-order valence-electron chi connectivity index (χ3n) is 2.60. The van der Waals surface area contributed by atoms with Gasteiger partial charge in [-0.2, -0.15) is 0 Å². The van der Waals surface area contributed by atoms with Gasteiger partial charge in [0.05, 0.1) is 11.4 Å². The first-order valence-electron chi connectivity index (χ1n) is 5.29. The summed E-state index contributed by atoms with van der Waals surface area (Å²) in [6.45, 7) is 0. The maximum atomic E-state index is 11.3. The summed E-state index contributed by atoms with van der Waals surface area (Å²) >= 11 is 5.43. The zero-order chi connectivity index (χ0) is 12.5. The maximum absolute atomic E-state index is 11.3. The zero-order valence-corrected chi connectivity index (χ0v) is 9.94. The Bertz CT molecular complexity index is 717. The predicted octanol–water partition coefficient (Wildman–Crippen LogP) is 2.64. The van der Waals surface area contributed by atoms with E-state index in [-0.39, 0.29) is 17.6 Å². The van der Waals surface area contributed by atoms with Crippen LogP contribution in [0.15, 0.2) is 34.9 Å². The molecule has 0 saturated carbocycles. The minimum absolute atomic E-state index is 0.0646. The first kappa shape index (κ1) is 11.0. The number of alkyl halides is 1. The lowest BCUT2D eigenvalue weighted by molar-refractivity contribution is 0.0985. The van der Waals surface area contributed by atoms with Gasteiger partial charge in [-0.15, -0.1) is 21.8 Å². The molecule has 2 aromatic heterocycles. The first-order chi connectivity index (χ1) is 8.79. The van der Waals surface area contributed by atoms with Crippen molar-refractivity contribution < 1.29 is 9.21 Å². The summed E-state index contributed by atoms with van der Waals surface area (Å²) in [6.07, 6.45) is 1.77. The lowest BCUT2D eigenvalue weighted by Crippen LogP contribution is -1.99. The third-order valence-corrected chi connectivity index (χ3v) is 2.85. The van der Waals surface area contributed by atoms with Crippen LogP contribution in [-0.4, -0.2) is 26.8 Å². The fourth-order valence-electron chi connectivity index (χ4n) is 1.75. The molecule has 0 saturated heterocycles. The number of nitrogens with one attached hydrogen (secondary N) is 1. The summed E-state index contributed by atoms with van der Waals surface area (Å²) in [5.41, 5.74) is 1.74. The van der Waals surface area contributed by atoms with E-state index >= 15 is 0 Å². The molecule has 6 heteroatoms. The molecule has 90 valence electrons. The van der Waals surface area contributed by atoms with E-state index in [4.69, 9.17) is 16.0 Å². The molecule has 18 heavy (non-hydrogen) atoms. The van der Waals surface area contributed by atoms with Gasteiger partial charge in [0.1, 0.15) is 0 Å². The van der Waals surface area contributed by atoms with Crippen molar-refractivity contribution in [3.63, 3.8) is 0 Å². The van der Waals surface area contributed by atoms with Crippen LogP contribution < -0.4 is 0 Å². The van der Waals surface area contributed by atoms with E-state index in [0.717, 1.165) is 16.5 Å². The average Bonchev–Trinajstić information content (AvgIpc) is 3.03. The molecule has 0 aliphatic heterocycles. The molecule has 0 unspecified atom stereocenters. The van der Waals surface area contributed by atoms with E-state index < -0.39 is 0 Å². The second-order valence-electron chi connectivity index (χ2n) is 3.72. The summed E-state index contributed by atoms with van der Waals surface area (Å²) in [6, 6.07) is 7.73. The number of halogens is 1. The van der Waals surface area contributed by atoms with Gasteiger partial charge in [-0.1, -0.05) is 18.2 Å². The number of carbonyl (C=O) groups excluding carboxylic acids is 1. The zero-order valence-electron chi connectivity index (χ0n) is 9.18. The minimum atomic E-state index is -0.379. The number of aromatic nitrogens is 3. The number of para-hydroxylation sites is 1. The number of hydrogen-bond acceptors (Lipinski definition) is 4. The fraction of sp³-hybridized carbons (Fsp3) is 0.0833. The number of benzene rings is 1. The molecular formula is C12H8ClN3O2. The molecule has 0 fully saturated rings. The van der Waals surface area contributed by atoms with Crippen molar-refractivity contribution in [2.24, 2.45) is 0 Å².